The zero-order valence-corrected chi connectivity index (χ0v) is 12.4. The highest BCUT2D eigenvalue weighted by Crippen LogP contribution is 2.19. The van der Waals surface area contributed by atoms with Crippen LogP contribution in [0.15, 0.2) is 29.8 Å². The summed E-state index contributed by atoms with van der Waals surface area (Å²) in [6.45, 7) is 2.74. The first-order chi connectivity index (χ1) is 9.79. The first-order valence-corrected chi connectivity index (χ1v) is 7.80. The van der Waals surface area contributed by atoms with Crippen LogP contribution in [0.2, 0.25) is 0 Å². The van der Waals surface area contributed by atoms with Gasteiger partial charge in [-0.2, -0.15) is 0 Å². The summed E-state index contributed by atoms with van der Waals surface area (Å²) in [4.78, 5) is 20.3. The molecule has 20 heavy (non-hydrogen) atoms. The topological polar surface area (TPSA) is 54.9 Å². The molecule has 0 saturated carbocycles. The smallest absolute Gasteiger partial charge is 0.220 e. The van der Waals surface area contributed by atoms with Crippen LogP contribution in [0.3, 0.4) is 0 Å². The van der Waals surface area contributed by atoms with Crippen molar-refractivity contribution in [2.45, 2.75) is 32.6 Å². The molecule has 2 rings (SSSR count). The normalized spacial score (nSPS) is 10.4. The van der Waals surface area contributed by atoms with E-state index in [1.807, 2.05) is 23.6 Å². The Hall–Kier alpha value is -1.75. The number of pyridine rings is 1. The molecule has 0 unspecified atom stereocenters. The molecule has 0 bridgehead atoms. The summed E-state index contributed by atoms with van der Waals surface area (Å²) in [7, 11) is 0. The number of amides is 1. The Morgan fingerprint density at radius 1 is 1.35 bits per heavy atom. The second kappa shape index (κ2) is 7.75. The molecule has 106 valence electrons. The van der Waals surface area contributed by atoms with Crippen molar-refractivity contribution in [3.05, 3.63) is 34.8 Å². The van der Waals surface area contributed by atoms with E-state index in [9.17, 15) is 4.79 Å². The van der Waals surface area contributed by atoms with Gasteiger partial charge in [0, 0.05) is 31.0 Å². The Morgan fingerprint density at radius 3 is 3.00 bits per heavy atom. The van der Waals surface area contributed by atoms with Gasteiger partial charge >= 0.3 is 0 Å². The maximum Gasteiger partial charge on any atom is 0.220 e. The van der Waals surface area contributed by atoms with E-state index in [4.69, 9.17) is 0 Å². The summed E-state index contributed by atoms with van der Waals surface area (Å²) >= 11 is 1.61. The maximum absolute atomic E-state index is 11.5. The van der Waals surface area contributed by atoms with Crippen LogP contribution in [0.4, 0.5) is 0 Å². The van der Waals surface area contributed by atoms with Crippen LogP contribution in [-0.4, -0.2) is 22.4 Å². The third-order valence-electron chi connectivity index (χ3n) is 2.90. The Kier molecular flexibility index (Phi) is 5.68. The van der Waals surface area contributed by atoms with E-state index in [0.717, 1.165) is 35.7 Å². The lowest BCUT2D eigenvalue weighted by Crippen LogP contribution is -2.25. The van der Waals surface area contributed by atoms with E-state index < -0.39 is 0 Å². The molecule has 2 aromatic heterocycles. The number of unbranched alkanes of at least 4 members (excludes halogenated alkanes) is 1. The minimum atomic E-state index is 0.133. The summed E-state index contributed by atoms with van der Waals surface area (Å²) in [5.74, 6) is 0.133. The minimum absolute atomic E-state index is 0.133. The van der Waals surface area contributed by atoms with Crippen molar-refractivity contribution in [3.63, 3.8) is 0 Å². The molecule has 4 nitrogen and oxygen atoms in total. The number of hydrogen-bond donors (Lipinski definition) is 1. The molecule has 0 aliphatic heterocycles. The number of hydrogen-bond acceptors (Lipinski definition) is 4. The molecule has 0 aliphatic rings. The predicted octanol–water partition coefficient (Wildman–Crippen LogP) is 3.05. The lowest BCUT2D eigenvalue weighted by atomic mass is 10.2. The summed E-state index contributed by atoms with van der Waals surface area (Å²) in [5, 5.41) is 5.97. The second-order valence-corrected chi connectivity index (χ2v) is 5.49. The maximum atomic E-state index is 11.5. The summed E-state index contributed by atoms with van der Waals surface area (Å²) in [6, 6.07) is 5.79. The number of nitrogens with one attached hydrogen (secondary N) is 1. The average molecular weight is 289 g/mol. The third kappa shape index (κ3) is 4.42. The quantitative estimate of drug-likeness (QED) is 0.852. The van der Waals surface area contributed by atoms with Crippen LogP contribution in [-0.2, 0) is 11.2 Å². The molecule has 1 amide bonds. The average Bonchev–Trinajstić information content (AvgIpc) is 2.95. The summed E-state index contributed by atoms with van der Waals surface area (Å²) < 4.78 is 0. The van der Waals surface area contributed by atoms with E-state index in [0.29, 0.717) is 13.0 Å². The molecule has 0 radical (unpaired) electrons. The Balaban J connectivity index is 1.80. The Morgan fingerprint density at radius 2 is 2.25 bits per heavy atom. The number of thiazole rings is 1. The van der Waals surface area contributed by atoms with Crippen LogP contribution in [0.25, 0.3) is 11.4 Å². The second-order valence-electron chi connectivity index (χ2n) is 4.54. The van der Waals surface area contributed by atoms with Crippen LogP contribution in [0, 0.1) is 0 Å². The number of aromatic nitrogens is 2. The van der Waals surface area contributed by atoms with Crippen LogP contribution in [0.5, 0.6) is 0 Å². The van der Waals surface area contributed by atoms with Crippen molar-refractivity contribution in [3.8, 4) is 11.4 Å². The van der Waals surface area contributed by atoms with Crippen LogP contribution in [0.1, 0.15) is 31.2 Å². The molecule has 2 heterocycles. The van der Waals surface area contributed by atoms with Gasteiger partial charge in [-0.25, -0.2) is 4.98 Å². The number of carbonyl (C=O) groups excluding carboxylic acids is 1. The van der Waals surface area contributed by atoms with Crippen molar-refractivity contribution in [1.29, 1.82) is 0 Å². The molecule has 0 fully saturated rings. The highest BCUT2D eigenvalue weighted by atomic mass is 32.1. The number of rotatable bonds is 7. The zero-order valence-electron chi connectivity index (χ0n) is 11.6. The van der Waals surface area contributed by atoms with Crippen LogP contribution >= 0.6 is 11.3 Å². The van der Waals surface area contributed by atoms with Gasteiger partial charge in [0.2, 0.25) is 5.91 Å². The first-order valence-electron chi connectivity index (χ1n) is 6.92. The first kappa shape index (κ1) is 14.7. The summed E-state index contributed by atoms with van der Waals surface area (Å²) in [6.07, 6.45) is 5.16. The molecule has 0 aromatic carbocycles. The predicted molar refractivity (Wildman–Crippen MR) is 81.6 cm³/mol. The van der Waals surface area contributed by atoms with Crippen molar-refractivity contribution >= 4 is 17.2 Å². The van der Waals surface area contributed by atoms with Gasteiger partial charge < -0.3 is 5.32 Å². The molecule has 0 spiro atoms. The van der Waals surface area contributed by atoms with Gasteiger partial charge in [-0.3, -0.25) is 9.78 Å². The monoisotopic (exact) mass is 289 g/mol. The van der Waals surface area contributed by atoms with E-state index in [2.05, 4.69) is 22.2 Å². The van der Waals surface area contributed by atoms with Gasteiger partial charge in [-0.05, 0) is 18.6 Å². The van der Waals surface area contributed by atoms with Crippen molar-refractivity contribution < 1.29 is 4.79 Å². The van der Waals surface area contributed by atoms with Crippen molar-refractivity contribution in [2.75, 3.05) is 6.54 Å². The third-order valence-corrected chi connectivity index (χ3v) is 3.81. The standard InChI is InChI=1S/C15H19N3OS/c1-2-3-7-14(19)17-10-8-15-18-13(11-20-15)12-6-4-5-9-16-12/h4-6,9,11H,2-3,7-8,10H2,1H3,(H,17,19). The van der Waals surface area contributed by atoms with Crippen LogP contribution < -0.4 is 5.32 Å². The van der Waals surface area contributed by atoms with Gasteiger partial charge in [0.15, 0.2) is 0 Å². The van der Waals surface area contributed by atoms with E-state index >= 15 is 0 Å². The fourth-order valence-electron chi connectivity index (χ4n) is 1.79. The van der Waals surface area contributed by atoms with Gasteiger partial charge in [0.1, 0.15) is 0 Å². The van der Waals surface area contributed by atoms with Gasteiger partial charge in [0.05, 0.1) is 16.4 Å². The number of carbonyl (C=O) groups is 1. The van der Waals surface area contributed by atoms with E-state index in [-0.39, 0.29) is 5.91 Å². The Bertz CT molecular complexity index is 539. The van der Waals surface area contributed by atoms with Gasteiger partial charge in [-0.1, -0.05) is 19.4 Å². The fourth-order valence-corrected chi connectivity index (χ4v) is 2.58. The van der Waals surface area contributed by atoms with Crippen molar-refractivity contribution in [1.82, 2.24) is 15.3 Å². The largest absolute Gasteiger partial charge is 0.356 e. The Labute approximate surface area is 123 Å². The lowest BCUT2D eigenvalue weighted by molar-refractivity contribution is -0.121. The highest BCUT2D eigenvalue weighted by molar-refractivity contribution is 7.09. The summed E-state index contributed by atoms with van der Waals surface area (Å²) in [5.41, 5.74) is 1.80. The SMILES string of the molecule is CCCCC(=O)NCCc1nc(-c2ccccn2)cs1. The van der Waals surface area contributed by atoms with E-state index in [1.54, 1.807) is 17.5 Å². The molecule has 5 heteroatoms. The van der Waals surface area contributed by atoms with Gasteiger partial charge in [0.25, 0.3) is 0 Å². The molecular weight excluding hydrogens is 270 g/mol. The van der Waals surface area contributed by atoms with Crippen molar-refractivity contribution in [2.24, 2.45) is 0 Å². The fraction of sp³-hybridized carbons (Fsp3) is 0.400. The molecule has 0 saturated heterocycles. The molecule has 0 atom stereocenters. The van der Waals surface area contributed by atoms with Gasteiger partial charge in [-0.15, -0.1) is 11.3 Å². The molecular formula is C15H19N3OS. The number of nitrogens with zero attached hydrogens (tertiary/aromatic N) is 2. The minimum Gasteiger partial charge on any atom is -0.356 e. The van der Waals surface area contributed by atoms with E-state index in [1.165, 1.54) is 0 Å². The molecule has 2 aromatic rings. The zero-order chi connectivity index (χ0) is 14.2. The molecule has 1 N–H and O–H groups in total. The highest BCUT2D eigenvalue weighted by Gasteiger charge is 2.06. The molecule has 0 aliphatic carbocycles. The lowest BCUT2D eigenvalue weighted by Gasteiger charge is -2.02.